The second-order valence-corrected chi connectivity index (χ2v) is 11.4. The average molecular weight is 408 g/mol. The van der Waals surface area contributed by atoms with Gasteiger partial charge in [0.25, 0.3) is 0 Å². The zero-order chi connectivity index (χ0) is 16.2. The van der Waals surface area contributed by atoms with E-state index in [1.165, 1.54) is 5.56 Å². The minimum atomic E-state index is -0.0968. The van der Waals surface area contributed by atoms with Crippen molar-refractivity contribution in [3.05, 3.63) is 66.2 Å². The molecule has 6 heteroatoms. The van der Waals surface area contributed by atoms with E-state index in [2.05, 4.69) is 73.1 Å². The van der Waals surface area contributed by atoms with E-state index in [1.807, 2.05) is 26.2 Å². The van der Waals surface area contributed by atoms with Crippen LogP contribution in [0.2, 0.25) is 0 Å². The van der Waals surface area contributed by atoms with Crippen LogP contribution in [0.25, 0.3) is 0 Å². The number of nitrogens with zero attached hydrogens (tertiary/aromatic N) is 3. The highest BCUT2D eigenvalue weighted by Crippen LogP contribution is 2.46. The molecule has 2 aromatic rings. The van der Waals surface area contributed by atoms with Crippen molar-refractivity contribution in [2.75, 3.05) is 19.0 Å². The van der Waals surface area contributed by atoms with Crippen LogP contribution in [-0.2, 0) is 6.54 Å². The van der Waals surface area contributed by atoms with E-state index in [1.54, 1.807) is 10.8 Å². The lowest BCUT2D eigenvalue weighted by atomic mass is 10.2. The van der Waals surface area contributed by atoms with E-state index in [9.17, 15) is 0 Å². The summed E-state index contributed by atoms with van der Waals surface area (Å²) in [5.41, 5.74) is 2.43. The molecule has 0 amide bonds. The Morgan fingerprint density at radius 1 is 1.00 bits per heavy atom. The first-order valence-corrected chi connectivity index (χ1v) is 11.6. The van der Waals surface area contributed by atoms with Gasteiger partial charge in [-0.15, -0.1) is 0 Å². The van der Waals surface area contributed by atoms with E-state index >= 15 is 0 Å². The molecule has 1 unspecified atom stereocenters. The molecule has 1 heterocycles. The van der Waals surface area contributed by atoms with Gasteiger partial charge in [-0.3, -0.25) is 4.90 Å². The lowest BCUT2D eigenvalue weighted by molar-refractivity contribution is 0.628. The monoisotopic (exact) mass is 407 g/mol. The van der Waals surface area contributed by atoms with Crippen molar-refractivity contribution in [2.24, 2.45) is 4.99 Å². The molecule has 0 saturated carbocycles. The predicted molar refractivity (Wildman–Crippen MR) is 109 cm³/mol. The number of rotatable bonds is 3. The number of hydrogen-bond donors (Lipinski definition) is 0. The molecule has 0 spiro atoms. The van der Waals surface area contributed by atoms with Crippen LogP contribution >= 0.6 is 33.6 Å². The summed E-state index contributed by atoms with van der Waals surface area (Å²) >= 11 is 3.74. The number of halogens is 1. The number of para-hydroxylation sites is 1. The van der Waals surface area contributed by atoms with Gasteiger partial charge in [-0.2, -0.15) is 0 Å². The number of amidine groups is 1. The number of anilines is 1. The molecule has 120 valence electrons. The maximum Gasteiger partial charge on any atom is 0.182 e. The molecule has 23 heavy (non-hydrogen) atoms. The van der Waals surface area contributed by atoms with E-state index < -0.39 is 0 Å². The molecule has 3 rings (SSSR count). The first kappa shape index (κ1) is 16.8. The van der Waals surface area contributed by atoms with E-state index in [4.69, 9.17) is 4.99 Å². The Morgan fingerprint density at radius 2 is 1.61 bits per heavy atom. The van der Waals surface area contributed by atoms with Crippen molar-refractivity contribution in [1.29, 1.82) is 0 Å². The third kappa shape index (κ3) is 4.07. The van der Waals surface area contributed by atoms with E-state index in [0.717, 1.165) is 22.5 Å². The van der Waals surface area contributed by atoms with Crippen molar-refractivity contribution in [3.8, 4) is 0 Å². The Morgan fingerprint density at radius 3 is 2.17 bits per heavy atom. The van der Waals surface area contributed by atoms with Gasteiger partial charge in [-0.25, -0.2) is 4.99 Å². The van der Waals surface area contributed by atoms with Gasteiger partial charge in [0.05, 0.1) is 6.54 Å². The molecular formula is C17H18BrN3S2. The summed E-state index contributed by atoms with van der Waals surface area (Å²) in [7, 11) is 5.74. The van der Waals surface area contributed by atoms with Gasteiger partial charge >= 0.3 is 0 Å². The summed E-state index contributed by atoms with van der Waals surface area (Å²) in [6.45, 7) is 0.807. The van der Waals surface area contributed by atoms with Crippen LogP contribution in [0.4, 0.5) is 5.69 Å². The van der Waals surface area contributed by atoms with Crippen molar-refractivity contribution < 1.29 is 0 Å². The quantitative estimate of drug-likeness (QED) is 0.530. The van der Waals surface area contributed by atoms with Crippen LogP contribution in [-0.4, -0.2) is 29.3 Å². The zero-order valence-electron chi connectivity index (χ0n) is 13.0. The molecule has 1 aliphatic heterocycles. The summed E-state index contributed by atoms with van der Waals surface area (Å²) < 4.78 is 0. The van der Waals surface area contributed by atoms with Gasteiger partial charge in [-0.1, -0.05) is 48.5 Å². The number of benzene rings is 2. The summed E-state index contributed by atoms with van der Waals surface area (Å²) in [5.74, 6) is 0. The standard InChI is InChI=1S/C17H18BrN3S2/c1-20(2)17-19-16(22-23(17)18)21(15-11-7-4-8-12-15)13-14-9-5-3-6-10-14/h3-12H,13H2,1-2H3. The predicted octanol–water partition coefficient (Wildman–Crippen LogP) is 4.94. The molecule has 1 aliphatic rings. The highest BCUT2D eigenvalue weighted by Gasteiger charge is 2.24. The topological polar surface area (TPSA) is 18.8 Å². The van der Waals surface area contributed by atoms with Gasteiger partial charge in [0.1, 0.15) is 0 Å². The molecule has 0 fully saturated rings. The first-order valence-electron chi connectivity index (χ1n) is 7.23. The van der Waals surface area contributed by atoms with Gasteiger partial charge in [0.2, 0.25) is 0 Å². The van der Waals surface area contributed by atoms with Crippen molar-refractivity contribution in [1.82, 2.24) is 4.90 Å². The maximum absolute atomic E-state index is 4.86. The van der Waals surface area contributed by atoms with E-state index in [-0.39, 0.29) is 7.95 Å². The van der Waals surface area contributed by atoms with Crippen molar-refractivity contribution in [3.63, 3.8) is 0 Å². The number of hydrogen-bond acceptors (Lipinski definition) is 4. The van der Waals surface area contributed by atoms with Crippen LogP contribution in [0.15, 0.2) is 65.7 Å². The Kier molecular flexibility index (Phi) is 5.58. The average Bonchev–Trinajstić information content (AvgIpc) is 2.96. The Hall–Kier alpha value is -1.08. The fraction of sp³-hybridized carbons (Fsp3) is 0.176. The molecule has 1 atom stereocenters. The lowest BCUT2D eigenvalue weighted by Crippen LogP contribution is -2.28. The first-order chi connectivity index (χ1) is 11.1. The summed E-state index contributed by atoms with van der Waals surface area (Å²) in [5, 5.41) is 2.10. The van der Waals surface area contributed by atoms with Gasteiger partial charge in [0, 0.05) is 5.69 Å². The molecule has 0 N–H and O–H groups in total. The molecule has 0 aromatic heterocycles. The Labute approximate surface area is 150 Å². The largest absolute Gasteiger partial charge is 0.316 e. The van der Waals surface area contributed by atoms with Crippen LogP contribution < -0.4 is 4.90 Å². The normalized spacial score (nSPS) is 17.5. The number of aliphatic imine (C=N–C) groups is 1. The van der Waals surface area contributed by atoms with Crippen LogP contribution in [0.3, 0.4) is 0 Å². The van der Waals surface area contributed by atoms with Gasteiger partial charge in [0.15, 0.2) is 10.3 Å². The zero-order valence-corrected chi connectivity index (χ0v) is 16.2. The molecule has 2 aromatic carbocycles. The highest BCUT2D eigenvalue weighted by molar-refractivity contribution is 9.65. The summed E-state index contributed by atoms with van der Waals surface area (Å²) in [4.78, 5) is 9.20. The summed E-state index contributed by atoms with van der Waals surface area (Å²) in [6.07, 6.45) is 0. The molecular weight excluding hydrogens is 390 g/mol. The van der Waals surface area contributed by atoms with E-state index in [0.29, 0.717) is 0 Å². The summed E-state index contributed by atoms with van der Waals surface area (Å²) in [6, 6.07) is 20.9. The highest BCUT2D eigenvalue weighted by atomic mass is 79.9. The molecule has 3 nitrogen and oxygen atoms in total. The lowest BCUT2D eigenvalue weighted by Gasteiger charge is -2.24. The van der Waals surface area contributed by atoms with Crippen molar-refractivity contribution in [2.45, 2.75) is 6.54 Å². The molecule has 0 bridgehead atoms. The third-order valence-corrected chi connectivity index (χ3v) is 8.09. The van der Waals surface area contributed by atoms with Crippen molar-refractivity contribution >= 4 is 49.5 Å². The smallest absolute Gasteiger partial charge is 0.182 e. The maximum atomic E-state index is 4.86. The van der Waals surface area contributed by atoms with Crippen LogP contribution in [0, 0.1) is 0 Å². The van der Waals surface area contributed by atoms with Gasteiger partial charge < -0.3 is 4.90 Å². The van der Waals surface area contributed by atoms with Crippen LogP contribution in [0.5, 0.6) is 0 Å². The SMILES string of the molecule is CN(C)C1=S(Br)SC(N(Cc2ccccc2)c2ccccc2)=N1. The fourth-order valence-electron chi connectivity index (χ4n) is 2.23. The minimum Gasteiger partial charge on any atom is -0.316 e. The van der Waals surface area contributed by atoms with Gasteiger partial charge in [-0.05, 0) is 65.3 Å². The third-order valence-electron chi connectivity index (χ3n) is 3.35. The fourth-order valence-corrected chi connectivity index (χ4v) is 7.03. The minimum absolute atomic E-state index is 0.0968. The molecule has 0 radical (unpaired) electrons. The Bertz CT molecular complexity index is 730. The second kappa shape index (κ2) is 7.66. The molecule has 0 saturated heterocycles. The second-order valence-electron chi connectivity index (χ2n) is 5.29. The molecule has 0 aliphatic carbocycles. The Balaban J connectivity index is 1.93. The van der Waals surface area contributed by atoms with Crippen LogP contribution in [0.1, 0.15) is 5.56 Å².